The van der Waals surface area contributed by atoms with Gasteiger partial charge in [0.25, 0.3) is 0 Å². The Balaban J connectivity index is 2.25. The predicted octanol–water partition coefficient (Wildman–Crippen LogP) is 0.977. The predicted molar refractivity (Wildman–Crippen MR) is 43.0 cm³/mol. The molecule has 1 N–H and O–H groups in total. The number of tetrazole rings is 1. The van der Waals surface area contributed by atoms with E-state index in [1.165, 1.54) is 0 Å². The Morgan fingerprint density at radius 2 is 2.58 bits per heavy atom. The highest BCUT2D eigenvalue weighted by Crippen LogP contribution is 2.01. The molecule has 2 rings (SSSR count). The molecule has 0 atom stereocenters. The summed E-state index contributed by atoms with van der Waals surface area (Å²) in [6.07, 6.45) is 3.27. The number of furan rings is 1. The highest BCUT2D eigenvalue weighted by Gasteiger charge is 1.97. The standard InChI is InChI=1S/C6H6N4OS/c12-6-7-8-9-10(6)3-5-1-2-11-4-5/h1-2,4H,3H2,(H,7,9,12). The van der Waals surface area contributed by atoms with Crippen LogP contribution in [0.5, 0.6) is 0 Å². The van der Waals surface area contributed by atoms with Crippen molar-refractivity contribution in [3.63, 3.8) is 0 Å². The topological polar surface area (TPSA) is 59.6 Å². The summed E-state index contributed by atoms with van der Waals surface area (Å²) in [6.45, 7) is 0.613. The zero-order valence-corrected chi connectivity index (χ0v) is 6.91. The van der Waals surface area contributed by atoms with Crippen molar-refractivity contribution >= 4 is 12.2 Å². The lowest BCUT2D eigenvalue weighted by Gasteiger charge is -1.94. The lowest BCUT2D eigenvalue weighted by Crippen LogP contribution is -2.00. The van der Waals surface area contributed by atoms with Crippen molar-refractivity contribution in [2.24, 2.45) is 0 Å². The van der Waals surface area contributed by atoms with Crippen LogP contribution in [0.4, 0.5) is 0 Å². The molecule has 0 fully saturated rings. The van der Waals surface area contributed by atoms with E-state index >= 15 is 0 Å². The fourth-order valence-electron chi connectivity index (χ4n) is 0.884. The van der Waals surface area contributed by atoms with Crippen LogP contribution >= 0.6 is 12.2 Å². The monoisotopic (exact) mass is 182 g/mol. The quantitative estimate of drug-likeness (QED) is 0.703. The molecule has 0 aliphatic carbocycles. The van der Waals surface area contributed by atoms with Gasteiger partial charge in [-0.15, -0.1) is 0 Å². The molecule has 0 saturated carbocycles. The molecular weight excluding hydrogens is 176 g/mol. The van der Waals surface area contributed by atoms with Crippen LogP contribution in [0, 0.1) is 4.77 Å². The number of nitrogens with one attached hydrogen (secondary N) is 1. The lowest BCUT2D eigenvalue weighted by atomic mass is 10.3. The van der Waals surface area contributed by atoms with Crippen LogP contribution in [0.3, 0.4) is 0 Å². The summed E-state index contributed by atoms with van der Waals surface area (Å²) in [5.41, 5.74) is 1.03. The average molecular weight is 182 g/mol. The minimum Gasteiger partial charge on any atom is -0.472 e. The first-order valence-electron chi connectivity index (χ1n) is 3.35. The Morgan fingerprint density at radius 3 is 3.17 bits per heavy atom. The molecule has 0 radical (unpaired) electrons. The number of rotatable bonds is 2. The summed E-state index contributed by atoms with van der Waals surface area (Å²) in [5, 5.41) is 9.85. The van der Waals surface area contributed by atoms with Gasteiger partial charge in [-0.1, -0.05) is 10.3 Å². The maximum atomic E-state index is 4.90. The van der Waals surface area contributed by atoms with E-state index in [-0.39, 0.29) is 0 Å². The first-order valence-corrected chi connectivity index (χ1v) is 3.76. The van der Waals surface area contributed by atoms with Crippen molar-refractivity contribution in [1.29, 1.82) is 0 Å². The summed E-state index contributed by atoms with van der Waals surface area (Å²) < 4.78 is 6.99. The molecule has 5 nitrogen and oxygen atoms in total. The van der Waals surface area contributed by atoms with Gasteiger partial charge in [0.15, 0.2) is 0 Å². The second-order valence-corrected chi connectivity index (χ2v) is 2.67. The summed E-state index contributed by atoms with van der Waals surface area (Å²) in [7, 11) is 0. The van der Waals surface area contributed by atoms with Gasteiger partial charge in [0, 0.05) is 5.56 Å². The Bertz CT molecular complexity index is 401. The lowest BCUT2D eigenvalue weighted by molar-refractivity contribution is 0.557. The molecule has 0 aliphatic rings. The SMILES string of the molecule is S=c1nn[nH]n1Cc1ccoc1. The number of H-pyrrole nitrogens is 1. The number of aromatic amines is 1. The van der Waals surface area contributed by atoms with Gasteiger partial charge in [0.05, 0.1) is 19.1 Å². The van der Waals surface area contributed by atoms with E-state index in [2.05, 4.69) is 15.5 Å². The van der Waals surface area contributed by atoms with Gasteiger partial charge in [0.1, 0.15) is 0 Å². The van der Waals surface area contributed by atoms with Crippen LogP contribution in [0.25, 0.3) is 0 Å². The van der Waals surface area contributed by atoms with Crippen molar-refractivity contribution in [3.8, 4) is 0 Å². The van der Waals surface area contributed by atoms with Crippen LogP contribution in [-0.2, 0) is 6.54 Å². The van der Waals surface area contributed by atoms with Crippen molar-refractivity contribution in [1.82, 2.24) is 20.2 Å². The zero-order chi connectivity index (χ0) is 8.39. The van der Waals surface area contributed by atoms with Crippen LogP contribution < -0.4 is 0 Å². The van der Waals surface area contributed by atoms with Gasteiger partial charge < -0.3 is 4.42 Å². The molecule has 0 unspecified atom stereocenters. The van der Waals surface area contributed by atoms with E-state index in [4.69, 9.17) is 16.6 Å². The maximum Gasteiger partial charge on any atom is 0.238 e. The summed E-state index contributed by atoms with van der Waals surface area (Å²) in [6, 6.07) is 1.86. The van der Waals surface area contributed by atoms with Gasteiger partial charge in [0.2, 0.25) is 4.77 Å². The molecule has 2 aromatic rings. The Morgan fingerprint density at radius 1 is 1.67 bits per heavy atom. The number of aromatic nitrogens is 4. The molecule has 12 heavy (non-hydrogen) atoms. The van der Waals surface area contributed by atoms with Crippen LogP contribution in [0.2, 0.25) is 0 Å². The number of nitrogens with zero attached hydrogens (tertiary/aromatic N) is 3. The molecule has 2 aromatic heterocycles. The second kappa shape index (κ2) is 2.90. The molecular formula is C6H6N4OS. The summed E-state index contributed by atoms with van der Waals surface area (Å²) in [5.74, 6) is 0. The van der Waals surface area contributed by atoms with E-state index in [0.717, 1.165) is 5.56 Å². The van der Waals surface area contributed by atoms with E-state index in [9.17, 15) is 0 Å². The Kier molecular flexibility index (Phi) is 1.75. The molecule has 62 valence electrons. The average Bonchev–Trinajstić information content (AvgIpc) is 2.65. The summed E-state index contributed by atoms with van der Waals surface area (Å²) in [4.78, 5) is 0. The molecule has 0 bridgehead atoms. The van der Waals surface area contributed by atoms with Crippen molar-refractivity contribution < 1.29 is 4.42 Å². The van der Waals surface area contributed by atoms with Crippen molar-refractivity contribution in [2.75, 3.05) is 0 Å². The second-order valence-electron chi connectivity index (χ2n) is 2.30. The normalized spacial score (nSPS) is 10.3. The van der Waals surface area contributed by atoms with Gasteiger partial charge in [-0.2, -0.15) is 5.21 Å². The Hall–Kier alpha value is -1.43. The molecule has 0 aliphatic heterocycles. The van der Waals surface area contributed by atoms with Gasteiger partial charge >= 0.3 is 0 Å². The van der Waals surface area contributed by atoms with E-state index in [0.29, 0.717) is 11.3 Å². The van der Waals surface area contributed by atoms with Crippen LogP contribution in [-0.4, -0.2) is 20.2 Å². The minimum atomic E-state index is 0.441. The molecule has 0 amide bonds. The summed E-state index contributed by atoms with van der Waals surface area (Å²) >= 11 is 4.89. The fourth-order valence-corrected chi connectivity index (χ4v) is 1.03. The van der Waals surface area contributed by atoms with Gasteiger partial charge in [-0.05, 0) is 18.3 Å². The molecule has 0 aromatic carbocycles. The highest BCUT2D eigenvalue weighted by molar-refractivity contribution is 7.71. The third-order valence-corrected chi connectivity index (χ3v) is 1.75. The number of hydrogen-bond donors (Lipinski definition) is 1. The molecule has 2 heterocycles. The third-order valence-electron chi connectivity index (χ3n) is 1.45. The van der Waals surface area contributed by atoms with Crippen LogP contribution in [0.1, 0.15) is 5.56 Å². The largest absolute Gasteiger partial charge is 0.472 e. The maximum absolute atomic E-state index is 4.90. The smallest absolute Gasteiger partial charge is 0.238 e. The first-order chi connectivity index (χ1) is 5.86. The Labute approximate surface area is 73.0 Å². The zero-order valence-electron chi connectivity index (χ0n) is 6.10. The van der Waals surface area contributed by atoms with Crippen molar-refractivity contribution in [2.45, 2.75) is 6.54 Å². The fraction of sp³-hybridized carbons (Fsp3) is 0.167. The highest BCUT2D eigenvalue weighted by atomic mass is 32.1. The minimum absolute atomic E-state index is 0.441. The third kappa shape index (κ3) is 1.28. The van der Waals surface area contributed by atoms with Gasteiger partial charge in [-0.25, -0.2) is 4.68 Å². The number of hydrogen-bond acceptors (Lipinski definition) is 4. The van der Waals surface area contributed by atoms with E-state index in [1.807, 2.05) is 6.07 Å². The van der Waals surface area contributed by atoms with E-state index in [1.54, 1.807) is 17.2 Å². The van der Waals surface area contributed by atoms with Crippen LogP contribution in [0.15, 0.2) is 23.0 Å². The molecule has 6 heteroatoms. The van der Waals surface area contributed by atoms with Crippen molar-refractivity contribution in [3.05, 3.63) is 28.9 Å². The molecule has 0 spiro atoms. The van der Waals surface area contributed by atoms with Gasteiger partial charge in [-0.3, -0.25) is 0 Å². The van der Waals surface area contributed by atoms with E-state index < -0.39 is 0 Å². The first kappa shape index (κ1) is 7.23. The molecule has 0 saturated heterocycles.